The maximum Gasteiger partial charge on any atom is 0.260 e. The number of hydrogen-bond acceptors (Lipinski definition) is 15. The van der Waals surface area contributed by atoms with Gasteiger partial charge < -0.3 is 60.5 Å². The molecule has 240 valence electrons. The third-order valence-corrected chi connectivity index (χ3v) is 7.29. The Kier molecular flexibility index (Phi) is 17.4. The zero-order valence-corrected chi connectivity index (χ0v) is 24.4. The zero-order valence-electron chi connectivity index (χ0n) is 23.6. The molecule has 1 heterocycles. The van der Waals surface area contributed by atoms with Crippen molar-refractivity contribution in [3.8, 4) is 0 Å². The smallest absolute Gasteiger partial charge is 0.260 e. The molecule has 0 saturated carbocycles. The van der Waals surface area contributed by atoms with Crippen molar-refractivity contribution in [3.05, 3.63) is 0 Å². The number of Topliss-reactive ketones (excluding diaryl/α,β-unsaturated/α-hetero) is 1. The van der Waals surface area contributed by atoms with Gasteiger partial charge in [-0.05, 0) is 18.6 Å². The van der Waals surface area contributed by atoms with Crippen LogP contribution in [0.1, 0.15) is 40.0 Å². The zero-order chi connectivity index (χ0) is 31.2. The lowest BCUT2D eigenvalue weighted by Crippen LogP contribution is -2.61. The van der Waals surface area contributed by atoms with Gasteiger partial charge in [-0.1, -0.05) is 25.9 Å². The summed E-state index contributed by atoms with van der Waals surface area (Å²) in [4.78, 5) is 28.6. The first-order chi connectivity index (χ1) is 19.2. The van der Waals surface area contributed by atoms with Crippen LogP contribution in [0.3, 0.4) is 0 Å². The number of nitrogens with one attached hydrogen (secondary N) is 1. The van der Waals surface area contributed by atoms with Gasteiger partial charge in [0.1, 0.15) is 54.6 Å². The molecule has 0 bridgehead atoms. The third kappa shape index (κ3) is 13.2. The van der Waals surface area contributed by atoms with Gasteiger partial charge >= 0.3 is 0 Å². The first-order valence-corrected chi connectivity index (χ1v) is 14.5. The van der Waals surface area contributed by atoms with Crippen molar-refractivity contribution < 1.29 is 64.8 Å². The van der Waals surface area contributed by atoms with Crippen molar-refractivity contribution in [2.24, 2.45) is 10.6 Å². The van der Waals surface area contributed by atoms with Crippen LogP contribution in [0, 0.1) is 5.41 Å². The fourth-order valence-corrected chi connectivity index (χ4v) is 4.46. The van der Waals surface area contributed by atoms with E-state index in [9.17, 15) is 50.4 Å². The number of thioether (sulfide) groups is 1. The van der Waals surface area contributed by atoms with E-state index in [-0.39, 0.29) is 11.2 Å². The van der Waals surface area contributed by atoms with Crippen molar-refractivity contribution in [3.63, 3.8) is 0 Å². The molecule has 1 aliphatic heterocycles. The van der Waals surface area contributed by atoms with E-state index in [0.717, 1.165) is 18.6 Å². The number of carbonyl (C=O) groups excluding carboxylic acids is 2. The average Bonchev–Trinajstić information content (AvgIpc) is 2.93. The van der Waals surface area contributed by atoms with Crippen molar-refractivity contribution in [2.45, 2.75) is 95.2 Å². The molecule has 1 rings (SSSR count). The van der Waals surface area contributed by atoms with Crippen LogP contribution >= 0.6 is 11.8 Å². The van der Waals surface area contributed by atoms with Gasteiger partial charge in [0.2, 0.25) is 0 Å². The third-order valence-electron chi connectivity index (χ3n) is 6.22. The number of oxime groups is 1. The number of rotatable bonds is 19. The van der Waals surface area contributed by atoms with Gasteiger partial charge in [0, 0.05) is 24.1 Å². The fourth-order valence-electron chi connectivity index (χ4n) is 3.60. The van der Waals surface area contributed by atoms with E-state index < -0.39 is 80.8 Å². The number of ether oxygens (including phenoxy) is 2. The van der Waals surface area contributed by atoms with Crippen LogP contribution in [0.5, 0.6) is 0 Å². The highest BCUT2D eigenvalue weighted by Gasteiger charge is 2.46. The summed E-state index contributed by atoms with van der Waals surface area (Å²) in [5.41, 5.74) is -0.321. The van der Waals surface area contributed by atoms with E-state index in [1.54, 1.807) is 11.8 Å². The van der Waals surface area contributed by atoms with Gasteiger partial charge in [-0.25, -0.2) is 0 Å². The molecule has 0 spiro atoms. The summed E-state index contributed by atoms with van der Waals surface area (Å²) in [7, 11) is 0. The van der Waals surface area contributed by atoms with E-state index in [0.29, 0.717) is 24.9 Å². The molecule has 0 aromatic rings. The molecule has 9 atom stereocenters. The molecule has 16 heteroatoms. The molecule has 9 N–H and O–H groups in total. The van der Waals surface area contributed by atoms with Gasteiger partial charge in [-0.3, -0.25) is 9.59 Å². The highest BCUT2D eigenvalue weighted by molar-refractivity contribution is 7.99. The quantitative estimate of drug-likeness (QED) is 0.0397. The summed E-state index contributed by atoms with van der Waals surface area (Å²) >= 11 is 1.64. The predicted octanol–water partition coefficient (Wildman–Crippen LogP) is -3.12. The minimum absolute atomic E-state index is 0.239. The molecule has 15 nitrogen and oxygen atoms in total. The van der Waals surface area contributed by atoms with Crippen LogP contribution in [0.25, 0.3) is 0 Å². The van der Waals surface area contributed by atoms with Gasteiger partial charge in [-0.2, -0.15) is 11.8 Å². The number of amides is 1. The molecule has 0 radical (unpaired) electrons. The van der Waals surface area contributed by atoms with Crippen LogP contribution in [-0.4, -0.2) is 152 Å². The molecule has 1 aliphatic rings. The first-order valence-electron chi connectivity index (χ1n) is 13.4. The summed E-state index contributed by atoms with van der Waals surface area (Å²) in [6.07, 6.45) is -12.8. The molecule has 0 aliphatic carbocycles. The number of nitrogens with zero attached hydrogens (tertiary/aromatic N) is 1. The maximum atomic E-state index is 11.9. The SMILES string of the molecule is CC(C)(C)C(=O)CCCCSCCNC(=O)CO/N=C/C(O)[C@@H](O)[C@H](O[C@H]1OC(CO)[C@@H](O)[C@H](O)C1O)C(O)CO. The Morgan fingerprint density at radius 2 is 1.73 bits per heavy atom. The summed E-state index contributed by atoms with van der Waals surface area (Å²) in [6.45, 7) is 3.92. The van der Waals surface area contributed by atoms with Crippen molar-refractivity contribution in [2.75, 3.05) is 37.9 Å². The lowest BCUT2D eigenvalue weighted by molar-refractivity contribution is -0.326. The van der Waals surface area contributed by atoms with Gasteiger partial charge in [0.05, 0.1) is 19.4 Å². The lowest BCUT2D eigenvalue weighted by atomic mass is 9.88. The Balaban J connectivity index is 2.40. The Bertz CT molecular complexity index is 798. The maximum absolute atomic E-state index is 11.9. The molecule has 41 heavy (non-hydrogen) atoms. The molecule has 0 aromatic carbocycles. The van der Waals surface area contributed by atoms with E-state index in [1.807, 2.05) is 20.8 Å². The number of aliphatic hydroxyl groups is 8. The second-order valence-electron chi connectivity index (χ2n) is 10.6. The Hall–Kier alpha value is -1.44. The monoisotopic (exact) mass is 614 g/mol. The Morgan fingerprint density at radius 1 is 1.05 bits per heavy atom. The number of carbonyl (C=O) groups is 2. The normalized spacial score (nSPS) is 26.4. The largest absolute Gasteiger partial charge is 0.394 e. The fraction of sp³-hybridized carbons (Fsp3) is 0.880. The second kappa shape index (κ2) is 19.0. The van der Waals surface area contributed by atoms with Crippen molar-refractivity contribution in [1.82, 2.24) is 5.32 Å². The summed E-state index contributed by atoms with van der Waals surface area (Å²) < 4.78 is 10.4. The Labute approximate surface area is 243 Å². The number of unbranched alkanes of at least 4 members (excludes halogenated alkanes) is 1. The summed E-state index contributed by atoms with van der Waals surface area (Å²) in [5, 5.41) is 85.2. The van der Waals surface area contributed by atoms with E-state index in [1.165, 1.54) is 0 Å². The standard InChI is InChI=1S/C25H46N2O13S/c1-25(2,3)17(32)6-4-5-8-41-9-7-26-18(33)13-38-27-10-14(30)19(34)23(15(31)11-28)40-24-22(37)21(36)20(35)16(12-29)39-24/h10,14-16,19-24,28-31,34-37H,4-9,11-13H2,1-3H3,(H,26,33)/b27-10+/t14?,15?,16?,19-,20-,21+,22?,23-,24-/m1/s1. The van der Waals surface area contributed by atoms with Crippen LogP contribution < -0.4 is 5.32 Å². The van der Waals surface area contributed by atoms with Gasteiger partial charge in [-0.15, -0.1) is 0 Å². The molecular weight excluding hydrogens is 568 g/mol. The molecule has 1 amide bonds. The van der Waals surface area contributed by atoms with Gasteiger partial charge in [0.25, 0.3) is 5.91 Å². The average molecular weight is 615 g/mol. The topological polar surface area (TPSA) is 248 Å². The molecule has 4 unspecified atom stereocenters. The minimum Gasteiger partial charge on any atom is -0.394 e. The van der Waals surface area contributed by atoms with E-state index in [2.05, 4.69) is 10.5 Å². The second-order valence-corrected chi connectivity index (χ2v) is 11.9. The Morgan fingerprint density at radius 3 is 2.34 bits per heavy atom. The van der Waals surface area contributed by atoms with Gasteiger partial charge in [0.15, 0.2) is 12.9 Å². The van der Waals surface area contributed by atoms with Crippen LogP contribution in [0.4, 0.5) is 0 Å². The minimum atomic E-state index is -1.96. The lowest BCUT2D eigenvalue weighted by Gasteiger charge is -2.42. The number of hydrogen-bond donors (Lipinski definition) is 9. The van der Waals surface area contributed by atoms with E-state index >= 15 is 0 Å². The van der Waals surface area contributed by atoms with Crippen LogP contribution in [0.2, 0.25) is 0 Å². The summed E-state index contributed by atoms with van der Waals surface area (Å²) in [6, 6.07) is 0. The number of aliphatic hydroxyl groups excluding tert-OH is 8. The van der Waals surface area contributed by atoms with Crippen molar-refractivity contribution in [1.29, 1.82) is 0 Å². The van der Waals surface area contributed by atoms with E-state index in [4.69, 9.17) is 14.3 Å². The molecular formula is C25H46N2O13S. The van der Waals surface area contributed by atoms with Crippen molar-refractivity contribution >= 4 is 29.7 Å². The highest BCUT2D eigenvalue weighted by atomic mass is 32.2. The molecule has 1 saturated heterocycles. The first kappa shape index (κ1) is 37.6. The number of ketones is 1. The summed E-state index contributed by atoms with van der Waals surface area (Å²) in [5.74, 6) is 1.28. The van der Waals surface area contributed by atoms with Crippen LogP contribution in [-0.2, 0) is 23.9 Å². The molecule has 0 aromatic heterocycles. The molecule has 1 fully saturated rings. The van der Waals surface area contributed by atoms with Crippen LogP contribution in [0.15, 0.2) is 5.16 Å². The highest BCUT2D eigenvalue weighted by Crippen LogP contribution is 2.25. The predicted molar refractivity (Wildman–Crippen MR) is 147 cm³/mol.